The Morgan fingerprint density at radius 3 is 2.57 bits per heavy atom. The highest BCUT2D eigenvalue weighted by Crippen LogP contribution is 2.24. The van der Waals surface area contributed by atoms with Gasteiger partial charge in [0.05, 0.1) is 27.0 Å². The molecule has 0 atom stereocenters. The lowest BCUT2D eigenvalue weighted by molar-refractivity contribution is 0.0954. The highest BCUT2D eigenvalue weighted by Gasteiger charge is 2.20. The molecule has 0 aliphatic rings. The fraction of sp³-hybridized carbons (Fsp3) is 0.167. The van der Waals surface area contributed by atoms with E-state index in [4.69, 9.17) is 34.8 Å². The minimum absolute atomic E-state index is 0.150. The van der Waals surface area contributed by atoms with Crippen molar-refractivity contribution in [2.45, 2.75) is 6.92 Å². The lowest BCUT2D eigenvalue weighted by Gasteiger charge is -2.09. The zero-order chi connectivity index (χ0) is 20.3. The first kappa shape index (κ1) is 20.4. The first-order valence-corrected chi connectivity index (χ1v) is 9.34. The Hall–Kier alpha value is -2.35. The van der Waals surface area contributed by atoms with Crippen LogP contribution in [0.4, 0.5) is 10.2 Å². The first-order valence-electron chi connectivity index (χ1n) is 8.21. The SMILES string of the molecule is Cc1nn(-c2ccc(F)cc2)c(Cl)c1C(=O)NCCNc1ncc(Cl)cc1Cl. The normalized spacial score (nSPS) is 10.8. The highest BCUT2D eigenvalue weighted by molar-refractivity contribution is 6.36. The minimum Gasteiger partial charge on any atom is -0.367 e. The zero-order valence-corrected chi connectivity index (χ0v) is 16.9. The number of aromatic nitrogens is 3. The predicted molar refractivity (Wildman–Crippen MR) is 108 cm³/mol. The van der Waals surface area contributed by atoms with E-state index in [0.29, 0.717) is 40.3 Å². The van der Waals surface area contributed by atoms with Gasteiger partial charge in [-0.25, -0.2) is 14.1 Å². The van der Waals surface area contributed by atoms with Crippen molar-refractivity contribution < 1.29 is 9.18 Å². The second-order valence-electron chi connectivity index (χ2n) is 5.81. The molecule has 2 heterocycles. The highest BCUT2D eigenvalue weighted by atomic mass is 35.5. The minimum atomic E-state index is -0.371. The quantitative estimate of drug-likeness (QED) is 0.551. The molecule has 146 valence electrons. The third-order valence-corrected chi connectivity index (χ3v) is 4.66. The fourth-order valence-electron chi connectivity index (χ4n) is 2.50. The number of nitrogens with one attached hydrogen (secondary N) is 2. The van der Waals surface area contributed by atoms with Crippen molar-refractivity contribution in [2.75, 3.05) is 18.4 Å². The lowest BCUT2D eigenvalue weighted by atomic mass is 10.2. The van der Waals surface area contributed by atoms with Crippen molar-refractivity contribution >= 4 is 46.5 Å². The average molecular weight is 443 g/mol. The molecule has 0 radical (unpaired) electrons. The number of hydrogen-bond acceptors (Lipinski definition) is 4. The third kappa shape index (κ3) is 4.55. The van der Waals surface area contributed by atoms with Gasteiger partial charge in [0.25, 0.3) is 5.91 Å². The van der Waals surface area contributed by atoms with Crippen LogP contribution in [-0.4, -0.2) is 33.8 Å². The summed E-state index contributed by atoms with van der Waals surface area (Å²) in [5, 5.41) is 11.0. The molecule has 2 N–H and O–H groups in total. The molecule has 6 nitrogen and oxygen atoms in total. The molecule has 3 rings (SSSR count). The van der Waals surface area contributed by atoms with Crippen molar-refractivity contribution in [1.82, 2.24) is 20.1 Å². The Bertz CT molecular complexity index is 1010. The van der Waals surface area contributed by atoms with Crippen LogP contribution >= 0.6 is 34.8 Å². The molecule has 28 heavy (non-hydrogen) atoms. The summed E-state index contributed by atoms with van der Waals surface area (Å²) in [5.41, 5.74) is 1.27. The van der Waals surface area contributed by atoms with Gasteiger partial charge in [-0.15, -0.1) is 0 Å². The van der Waals surface area contributed by atoms with E-state index in [0.717, 1.165) is 0 Å². The molecule has 3 aromatic rings. The van der Waals surface area contributed by atoms with Crippen LogP contribution in [0, 0.1) is 12.7 Å². The van der Waals surface area contributed by atoms with Crippen LogP contribution in [0.3, 0.4) is 0 Å². The van der Waals surface area contributed by atoms with E-state index in [2.05, 4.69) is 20.7 Å². The second kappa shape index (κ2) is 8.77. The van der Waals surface area contributed by atoms with Crippen LogP contribution in [-0.2, 0) is 0 Å². The Balaban J connectivity index is 1.63. The summed E-state index contributed by atoms with van der Waals surface area (Å²) < 4.78 is 14.5. The Morgan fingerprint density at radius 1 is 1.18 bits per heavy atom. The van der Waals surface area contributed by atoms with Crippen molar-refractivity contribution in [1.29, 1.82) is 0 Å². The van der Waals surface area contributed by atoms with Gasteiger partial charge in [0.1, 0.15) is 16.8 Å². The Labute approximate surface area is 175 Å². The number of pyridine rings is 1. The van der Waals surface area contributed by atoms with Gasteiger partial charge < -0.3 is 10.6 Å². The molecular formula is C18H15Cl3FN5O. The molecule has 1 aromatic carbocycles. The standard InChI is InChI=1S/C18H15Cl3FN5O/c1-10-15(16(21)27(26-10)13-4-2-12(22)3-5-13)18(28)24-7-6-23-17-14(20)8-11(19)9-25-17/h2-5,8-9H,6-7H2,1H3,(H,23,25)(H,24,28). The van der Waals surface area contributed by atoms with Crippen LogP contribution in [0.15, 0.2) is 36.5 Å². The van der Waals surface area contributed by atoms with Crippen molar-refractivity contribution in [3.8, 4) is 5.69 Å². The van der Waals surface area contributed by atoms with Crippen LogP contribution in [0.25, 0.3) is 5.69 Å². The van der Waals surface area contributed by atoms with Crippen LogP contribution in [0.2, 0.25) is 15.2 Å². The number of carbonyl (C=O) groups is 1. The largest absolute Gasteiger partial charge is 0.367 e. The first-order chi connectivity index (χ1) is 13.4. The molecule has 0 saturated heterocycles. The summed E-state index contributed by atoms with van der Waals surface area (Å²) in [6.07, 6.45) is 1.47. The van der Waals surface area contributed by atoms with Gasteiger partial charge in [-0.3, -0.25) is 4.79 Å². The molecule has 0 bridgehead atoms. The van der Waals surface area contributed by atoms with Crippen LogP contribution in [0.5, 0.6) is 0 Å². The summed E-state index contributed by atoms with van der Waals surface area (Å²) in [4.78, 5) is 16.6. The average Bonchev–Trinajstić information content (AvgIpc) is 2.95. The Morgan fingerprint density at radius 2 is 1.89 bits per heavy atom. The number of nitrogens with zero attached hydrogens (tertiary/aromatic N) is 3. The maximum atomic E-state index is 13.1. The van der Waals surface area contributed by atoms with Gasteiger partial charge in [-0.2, -0.15) is 5.10 Å². The van der Waals surface area contributed by atoms with E-state index in [1.807, 2.05) is 0 Å². The van der Waals surface area contributed by atoms with E-state index in [1.54, 1.807) is 13.0 Å². The van der Waals surface area contributed by atoms with Gasteiger partial charge in [0.15, 0.2) is 0 Å². The summed E-state index contributed by atoms with van der Waals surface area (Å²) in [7, 11) is 0. The monoisotopic (exact) mass is 441 g/mol. The third-order valence-electron chi connectivity index (χ3n) is 3.81. The van der Waals surface area contributed by atoms with Crippen molar-refractivity contribution in [3.63, 3.8) is 0 Å². The fourth-order valence-corrected chi connectivity index (χ4v) is 3.31. The van der Waals surface area contributed by atoms with Gasteiger partial charge >= 0.3 is 0 Å². The molecule has 0 spiro atoms. The van der Waals surface area contributed by atoms with Gasteiger partial charge in [0.2, 0.25) is 0 Å². The number of halogens is 4. The van der Waals surface area contributed by atoms with Crippen LogP contribution in [0.1, 0.15) is 16.1 Å². The number of amides is 1. The summed E-state index contributed by atoms with van der Waals surface area (Å²) in [6.45, 7) is 2.37. The summed E-state index contributed by atoms with van der Waals surface area (Å²) in [6, 6.07) is 7.22. The maximum absolute atomic E-state index is 13.1. The predicted octanol–water partition coefficient (Wildman–Crippen LogP) is 4.52. The molecule has 0 saturated carbocycles. The number of anilines is 1. The summed E-state index contributed by atoms with van der Waals surface area (Å²) in [5.74, 6) is -0.268. The topological polar surface area (TPSA) is 71.8 Å². The maximum Gasteiger partial charge on any atom is 0.256 e. The molecule has 1 amide bonds. The number of benzene rings is 1. The summed E-state index contributed by atoms with van der Waals surface area (Å²) >= 11 is 18.2. The van der Waals surface area contributed by atoms with Gasteiger partial charge in [0, 0.05) is 19.3 Å². The number of aryl methyl sites for hydroxylation is 1. The van der Waals surface area contributed by atoms with E-state index in [9.17, 15) is 9.18 Å². The van der Waals surface area contributed by atoms with E-state index in [-0.39, 0.29) is 22.4 Å². The molecular weight excluding hydrogens is 428 g/mol. The molecule has 2 aromatic heterocycles. The van der Waals surface area contributed by atoms with Crippen molar-refractivity contribution in [2.24, 2.45) is 0 Å². The van der Waals surface area contributed by atoms with E-state index in [1.165, 1.54) is 35.1 Å². The zero-order valence-electron chi connectivity index (χ0n) is 14.6. The smallest absolute Gasteiger partial charge is 0.256 e. The lowest BCUT2D eigenvalue weighted by Crippen LogP contribution is -2.29. The second-order valence-corrected chi connectivity index (χ2v) is 7.01. The van der Waals surface area contributed by atoms with Crippen molar-refractivity contribution in [3.05, 3.63) is 68.8 Å². The van der Waals surface area contributed by atoms with Crippen LogP contribution < -0.4 is 10.6 Å². The molecule has 0 aliphatic heterocycles. The number of rotatable bonds is 6. The number of hydrogen-bond donors (Lipinski definition) is 2. The van der Waals surface area contributed by atoms with Gasteiger partial charge in [-0.1, -0.05) is 34.8 Å². The molecule has 10 heteroatoms. The molecule has 0 fully saturated rings. The number of carbonyl (C=O) groups excluding carboxylic acids is 1. The van der Waals surface area contributed by atoms with Gasteiger partial charge in [-0.05, 0) is 37.3 Å². The Kier molecular flexibility index (Phi) is 6.39. The van der Waals surface area contributed by atoms with E-state index >= 15 is 0 Å². The van der Waals surface area contributed by atoms with E-state index < -0.39 is 0 Å². The molecule has 0 aliphatic carbocycles. The molecule has 0 unspecified atom stereocenters.